The second-order valence-corrected chi connectivity index (χ2v) is 4.32. The van der Waals surface area contributed by atoms with Crippen molar-refractivity contribution < 1.29 is 18.9 Å². The topological polar surface area (TPSA) is 92.5 Å². The minimum Gasteiger partial charge on any atom is -0.354 e. The highest BCUT2D eigenvalue weighted by molar-refractivity contribution is 5.95. The van der Waals surface area contributed by atoms with Crippen molar-refractivity contribution in [2.75, 3.05) is 19.6 Å². The Kier molecular flexibility index (Phi) is 3.92. The summed E-state index contributed by atoms with van der Waals surface area (Å²) in [7, 11) is 0. The first-order chi connectivity index (χ1) is 9.49. The van der Waals surface area contributed by atoms with E-state index < -0.39 is 22.3 Å². The third-order valence-electron chi connectivity index (χ3n) is 2.99. The highest BCUT2D eigenvalue weighted by atomic mass is 19.1. The van der Waals surface area contributed by atoms with E-state index in [-0.39, 0.29) is 24.4 Å². The van der Waals surface area contributed by atoms with E-state index >= 15 is 0 Å². The van der Waals surface area contributed by atoms with Crippen LogP contribution in [0.5, 0.6) is 0 Å². The highest BCUT2D eigenvalue weighted by Gasteiger charge is 2.22. The Morgan fingerprint density at radius 2 is 2.15 bits per heavy atom. The summed E-state index contributed by atoms with van der Waals surface area (Å²) < 4.78 is 13.5. The van der Waals surface area contributed by atoms with Crippen molar-refractivity contribution >= 4 is 17.5 Å². The molecule has 1 fully saturated rings. The van der Waals surface area contributed by atoms with Gasteiger partial charge in [-0.25, -0.2) is 0 Å². The smallest absolute Gasteiger partial charge is 0.304 e. The van der Waals surface area contributed by atoms with E-state index in [2.05, 4.69) is 5.32 Å². The molecule has 1 aromatic rings. The molecule has 1 aliphatic rings. The molecule has 0 atom stereocenters. The van der Waals surface area contributed by atoms with E-state index in [0.717, 1.165) is 12.1 Å². The van der Waals surface area contributed by atoms with Crippen molar-refractivity contribution in [2.24, 2.45) is 0 Å². The van der Waals surface area contributed by atoms with E-state index in [9.17, 15) is 24.1 Å². The van der Waals surface area contributed by atoms with Crippen LogP contribution in [-0.4, -0.2) is 41.3 Å². The molecule has 1 saturated heterocycles. The lowest BCUT2D eigenvalue weighted by Crippen LogP contribution is -2.34. The summed E-state index contributed by atoms with van der Waals surface area (Å²) in [6.45, 7) is 0.895. The largest absolute Gasteiger partial charge is 0.354 e. The molecule has 1 heterocycles. The Morgan fingerprint density at radius 3 is 2.80 bits per heavy atom. The van der Waals surface area contributed by atoms with Gasteiger partial charge in [-0.05, 0) is 12.1 Å². The Hall–Kier alpha value is -2.51. The van der Waals surface area contributed by atoms with Crippen molar-refractivity contribution in [1.82, 2.24) is 10.2 Å². The molecule has 0 unspecified atom stereocenters. The van der Waals surface area contributed by atoms with Gasteiger partial charge in [-0.3, -0.25) is 19.7 Å². The van der Waals surface area contributed by atoms with Gasteiger partial charge in [0.25, 0.3) is 5.91 Å². The maximum absolute atomic E-state index is 13.5. The zero-order valence-corrected chi connectivity index (χ0v) is 10.5. The summed E-state index contributed by atoms with van der Waals surface area (Å²) in [6.07, 6.45) is 0.182. The SMILES string of the molecule is O=C1CCN(C(=O)c2ccc([N+](=O)[O-])c(F)c2)CCN1. The number of hydrogen-bond acceptors (Lipinski definition) is 4. The number of nitro benzene ring substituents is 1. The summed E-state index contributed by atoms with van der Waals surface area (Å²) in [5.74, 6) is -1.64. The Balaban J connectivity index is 2.18. The zero-order chi connectivity index (χ0) is 14.7. The highest BCUT2D eigenvalue weighted by Crippen LogP contribution is 2.19. The van der Waals surface area contributed by atoms with E-state index in [1.807, 2.05) is 0 Å². The molecule has 0 bridgehead atoms. The molecule has 2 amide bonds. The average molecular weight is 281 g/mol. The predicted molar refractivity (Wildman–Crippen MR) is 66.6 cm³/mol. The van der Waals surface area contributed by atoms with Crippen molar-refractivity contribution in [1.29, 1.82) is 0 Å². The lowest BCUT2D eigenvalue weighted by molar-refractivity contribution is -0.387. The molecule has 1 aliphatic heterocycles. The van der Waals surface area contributed by atoms with Gasteiger partial charge in [0.15, 0.2) is 0 Å². The summed E-state index contributed by atoms with van der Waals surface area (Å²) in [4.78, 5) is 34.4. The zero-order valence-electron chi connectivity index (χ0n) is 10.5. The van der Waals surface area contributed by atoms with Gasteiger partial charge in [0.05, 0.1) is 4.92 Å². The van der Waals surface area contributed by atoms with Crippen LogP contribution in [0.4, 0.5) is 10.1 Å². The number of benzene rings is 1. The standard InChI is InChI=1S/C12H12FN3O4/c13-9-7-8(1-2-10(9)16(19)20)12(18)15-5-3-11(17)14-4-6-15/h1-2,7H,3-6H2,(H,14,17). The van der Waals surface area contributed by atoms with Crippen LogP contribution in [0, 0.1) is 15.9 Å². The van der Waals surface area contributed by atoms with Crippen molar-refractivity contribution in [2.45, 2.75) is 6.42 Å². The quantitative estimate of drug-likeness (QED) is 0.637. The van der Waals surface area contributed by atoms with E-state index in [0.29, 0.717) is 13.1 Å². The summed E-state index contributed by atoms with van der Waals surface area (Å²) in [5.41, 5.74) is -0.642. The van der Waals surface area contributed by atoms with Crippen LogP contribution in [0.2, 0.25) is 0 Å². The van der Waals surface area contributed by atoms with Gasteiger partial charge in [-0.15, -0.1) is 0 Å². The molecule has 8 heteroatoms. The maximum atomic E-state index is 13.5. The minimum absolute atomic E-state index is 0.0300. The third-order valence-corrected chi connectivity index (χ3v) is 2.99. The molecule has 20 heavy (non-hydrogen) atoms. The molecule has 106 valence electrons. The molecule has 7 nitrogen and oxygen atoms in total. The maximum Gasteiger partial charge on any atom is 0.304 e. The second-order valence-electron chi connectivity index (χ2n) is 4.32. The van der Waals surface area contributed by atoms with Crippen LogP contribution >= 0.6 is 0 Å². The van der Waals surface area contributed by atoms with Gasteiger partial charge in [0, 0.05) is 37.7 Å². The molecule has 1 N–H and O–H groups in total. The number of halogens is 1. The predicted octanol–water partition coefficient (Wildman–Crippen LogP) is 0.696. The first-order valence-electron chi connectivity index (χ1n) is 5.99. The number of carbonyl (C=O) groups is 2. The number of rotatable bonds is 2. The molecule has 0 radical (unpaired) electrons. The van der Waals surface area contributed by atoms with Crippen molar-refractivity contribution in [3.8, 4) is 0 Å². The van der Waals surface area contributed by atoms with Crippen LogP contribution in [0.1, 0.15) is 16.8 Å². The van der Waals surface area contributed by atoms with Gasteiger partial charge in [-0.1, -0.05) is 0 Å². The van der Waals surface area contributed by atoms with Gasteiger partial charge in [0.1, 0.15) is 0 Å². The Bertz CT molecular complexity index is 576. The summed E-state index contributed by atoms with van der Waals surface area (Å²) in [6, 6.07) is 3.02. The lowest BCUT2D eigenvalue weighted by atomic mass is 10.1. The monoisotopic (exact) mass is 281 g/mol. The van der Waals surface area contributed by atoms with E-state index in [4.69, 9.17) is 0 Å². The molecule has 2 rings (SSSR count). The van der Waals surface area contributed by atoms with Crippen molar-refractivity contribution in [3.05, 3.63) is 39.7 Å². The lowest BCUT2D eigenvalue weighted by Gasteiger charge is -2.19. The van der Waals surface area contributed by atoms with E-state index in [1.165, 1.54) is 11.0 Å². The van der Waals surface area contributed by atoms with Crippen LogP contribution in [-0.2, 0) is 4.79 Å². The number of nitro groups is 1. The third kappa shape index (κ3) is 2.90. The van der Waals surface area contributed by atoms with Crippen LogP contribution in [0.15, 0.2) is 18.2 Å². The fourth-order valence-electron chi connectivity index (χ4n) is 1.94. The molecular formula is C12H12FN3O4. The Labute approximate surface area is 113 Å². The van der Waals surface area contributed by atoms with Gasteiger partial charge >= 0.3 is 5.69 Å². The fourth-order valence-corrected chi connectivity index (χ4v) is 1.94. The number of amides is 2. The van der Waals surface area contributed by atoms with Crippen LogP contribution < -0.4 is 5.32 Å². The number of nitrogens with one attached hydrogen (secondary N) is 1. The number of nitrogens with zero attached hydrogens (tertiary/aromatic N) is 2. The second kappa shape index (κ2) is 5.64. The van der Waals surface area contributed by atoms with Gasteiger partial charge in [0.2, 0.25) is 11.7 Å². The first kappa shape index (κ1) is 13.9. The first-order valence-corrected chi connectivity index (χ1v) is 5.99. The molecular weight excluding hydrogens is 269 g/mol. The average Bonchev–Trinajstić information content (AvgIpc) is 2.62. The van der Waals surface area contributed by atoms with Gasteiger partial charge < -0.3 is 10.2 Å². The molecule has 0 spiro atoms. The molecule has 0 aromatic heterocycles. The fraction of sp³-hybridized carbons (Fsp3) is 0.333. The normalized spacial score (nSPS) is 15.4. The number of carbonyl (C=O) groups excluding carboxylic acids is 2. The van der Waals surface area contributed by atoms with Gasteiger partial charge in [-0.2, -0.15) is 4.39 Å². The van der Waals surface area contributed by atoms with Crippen LogP contribution in [0.3, 0.4) is 0 Å². The van der Waals surface area contributed by atoms with Crippen molar-refractivity contribution in [3.63, 3.8) is 0 Å². The molecule has 1 aromatic carbocycles. The molecule has 0 aliphatic carbocycles. The molecule has 0 saturated carbocycles. The van der Waals surface area contributed by atoms with E-state index in [1.54, 1.807) is 0 Å². The summed E-state index contributed by atoms with van der Waals surface area (Å²) >= 11 is 0. The minimum atomic E-state index is -1.05. The van der Waals surface area contributed by atoms with Crippen LogP contribution in [0.25, 0.3) is 0 Å². The summed E-state index contributed by atoms with van der Waals surface area (Å²) in [5, 5.41) is 13.1. The number of hydrogen-bond donors (Lipinski definition) is 1. The Morgan fingerprint density at radius 1 is 1.40 bits per heavy atom.